The van der Waals surface area contributed by atoms with E-state index in [1.54, 1.807) is 6.07 Å². The third-order valence-corrected chi connectivity index (χ3v) is 3.41. The number of rotatable bonds is 3. The van der Waals surface area contributed by atoms with E-state index in [-0.39, 0.29) is 11.9 Å². The lowest BCUT2D eigenvalue weighted by Crippen LogP contribution is -2.30. The summed E-state index contributed by atoms with van der Waals surface area (Å²) >= 11 is 0. The number of hydrazine groups is 1. The normalized spacial score (nSPS) is 12.5. The van der Waals surface area contributed by atoms with E-state index in [4.69, 9.17) is 5.84 Å². The molecule has 100 valence electrons. The molecular weight excluding hydrogens is 241 g/mol. The van der Waals surface area contributed by atoms with Gasteiger partial charge in [-0.15, -0.1) is 0 Å². The van der Waals surface area contributed by atoms with Gasteiger partial charge in [-0.1, -0.05) is 12.1 Å². The Kier molecular flexibility index (Phi) is 3.93. The van der Waals surface area contributed by atoms with Crippen molar-refractivity contribution in [1.82, 2.24) is 10.4 Å². The zero-order valence-electron chi connectivity index (χ0n) is 11.4. The number of nitrogens with two attached hydrogens (primary N) is 1. The summed E-state index contributed by atoms with van der Waals surface area (Å²) in [6.45, 7) is 6.17. The molecule has 3 N–H and O–H groups in total. The molecule has 2 aromatic rings. The SMILES string of the molecule is Cc1cc(C)c(C(NN)c2ccc(F)cn2)cc1C. The van der Waals surface area contributed by atoms with Crippen LogP contribution in [0.5, 0.6) is 0 Å². The molecule has 3 nitrogen and oxygen atoms in total. The molecule has 1 aromatic heterocycles. The molecule has 0 amide bonds. The van der Waals surface area contributed by atoms with E-state index in [2.05, 4.69) is 36.4 Å². The van der Waals surface area contributed by atoms with Gasteiger partial charge in [0, 0.05) is 0 Å². The Morgan fingerprint density at radius 3 is 2.37 bits per heavy atom. The van der Waals surface area contributed by atoms with Crippen LogP contribution in [0.4, 0.5) is 4.39 Å². The molecule has 0 bridgehead atoms. The first-order valence-corrected chi connectivity index (χ1v) is 6.18. The second-order valence-electron chi connectivity index (χ2n) is 4.79. The molecule has 0 aliphatic rings. The van der Waals surface area contributed by atoms with Crippen LogP contribution in [0.15, 0.2) is 30.5 Å². The van der Waals surface area contributed by atoms with E-state index in [9.17, 15) is 4.39 Å². The Hall–Kier alpha value is -1.78. The maximum atomic E-state index is 12.9. The lowest BCUT2D eigenvalue weighted by atomic mass is 9.94. The highest BCUT2D eigenvalue weighted by Crippen LogP contribution is 2.25. The lowest BCUT2D eigenvalue weighted by Gasteiger charge is -2.19. The van der Waals surface area contributed by atoms with Gasteiger partial charge in [-0.3, -0.25) is 10.8 Å². The van der Waals surface area contributed by atoms with Gasteiger partial charge in [-0.2, -0.15) is 0 Å². The van der Waals surface area contributed by atoms with Gasteiger partial charge in [0.05, 0.1) is 17.9 Å². The van der Waals surface area contributed by atoms with Crippen LogP contribution in [0.25, 0.3) is 0 Å². The highest BCUT2D eigenvalue weighted by atomic mass is 19.1. The van der Waals surface area contributed by atoms with Gasteiger partial charge in [0.2, 0.25) is 0 Å². The van der Waals surface area contributed by atoms with Gasteiger partial charge in [-0.05, 0) is 55.2 Å². The number of halogens is 1. The average molecular weight is 259 g/mol. The first-order valence-electron chi connectivity index (χ1n) is 6.18. The van der Waals surface area contributed by atoms with Crippen LogP contribution in [0.2, 0.25) is 0 Å². The summed E-state index contributed by atoms with van der Waals surface area (Å²) in [5.41, 5.74) is 8.09. The topological polar surface area (TPSA) is 50.9 Å². The van der Waals surface area contributed by atoms with Crippen molar-refractivity contribution in [2.75, 3.05) is 0 Å². The Morgan fingerprint density at radius 2 is 1.79 bits per heavy atom. The summed E-state index contributed by atoms with van der Waals surface area (Å²) in [4.78, 5) is 4.10. The Morgan fingerprint density at radius 1 is 1.11 bits per heavy atom. The van der Waals surface area contributed by atoms with E-state index in [0.29, 0.717) is 5.69 Å². The van der Waals surface area contributed by atoms with Gasteiger partial charge in [-0.25, -0.2) is 9.82 Å². The Bertz CT molecular complexity index is 579. The molecule has 1 aromatic carbocycles. The summed E-state index contributed by atoms with van der Waals surface area (Å²) in [6, 6.07) is 7.02. The molecule has 0 saturated carbocycles. The highest BCUT2D eigenvalue weighted by Gasteiger charge is 2.16. The number of nitrogens with zero attached hydrogens (tertiary/aromatic N) is 1. The smallest absolute Gasteiger partial charge is 0.141 e. The molecule has 2 rings (SSSR count). The summed E-state index contributed by atoms with van der Waals surface area (Å²) in [5, 5.41) is 0. The van der Waals surface area contributed by atoms with Gasteiger partial charge >= 0.3 is 0 Å². The van der Waals surface area contributed by atoms with Crippen LogP contribution < -0.4 is 11.3 Å². The first-order chi connectivity index (χ1) is 9.02. The van der Waals surface area contributed by atoms with E-state index in [1.165, 1.54) is 23.4 Å². The predicted molar refractivity (Wildman–Crippen MR) is 74.0 cm³/mol. The monoisotopic (exact) mass is 259 g/mol. The number of pyridine rings is 1. The number of hydrogen-bond donors (Lipinski definition) is 2. The predicted octanol–water partition coefficient (Wildman–Crippen LogP) is 2.70. The van der Waals surface area contributed by atoms with Gasteiger partial charge in [0.25, 0.3) is 0 Å². The summed E-state index contributed by atoms with van der Waals surface area (Å²) in [7, 11) is 0. The Balaban J connectivity index is 2.47. The van der Waals surface area contributed by atoms with Crippen LogP contribution in [-0.2, 0) is 0 Å². The van der Waals surface area contributed by atoms with E-state index in [0.717, 1.165) is 11.1 Å². The van der Waals surface area contributed by atoms with Gasteiger partial charge in [0.15, 0.2) is 0 Å². The van der Waals surface area contributed by atoms with Crippen LogP contribution in [0, 0.1) is 26.6 Å². The minimum absolute atomic E-state index is 0.236. The molecule has 0 aliphatic heterocycles. The zero-order chi connectivity index (χ0) is 14.0. The molecule has 0 aliphatic carbocycles. The summed E-state index contributed by atoms with van der Waals surface area (Å²) < 4.78 is 12.9. The zero-order valence-corrected chi connectivity index (χ0v) is 11.4. The van der Waals surface area contributed by atoms with E-state index >= 15 is 0 Å². The second-order valence-corrected chi connectivity index (χ2v) is 4.79. The lowest BCUT2D eigenvalue weighted by molar-refractivity contribution is 0.595. The maximum Gasteiger partial charge on any atom is 0.141 e. The van der Waals surface area contributed by atoms with Crippen LogP contribution >= 0.6 is 0 Å². The maximum absolute atomic E-state index is 12.9. The quantitative estimate of drug-likeness (QED) is 0.658. The molecule has 1 heterocycles. The van der Waals surface area contributed by atoms with Crippen molar-refractivity contribution in [1.29, 1.82) is 0 Å². The minimum atomic E-state index is -0.351. The summed E-state index contributed by atoms with van der Waals surface area (Å²) in [5.74, 6) is 5.30. The molecule has 0 saturated heterocycles. The van der Waals surface area contributed by atoms with Crippen molar-refractivity contribution < 1.29 is 4.39 Å². The van der Waals surface area contributed by atoms with E-state index < -0.39 is 0 Å². The van der Waals surface area contributed by atoms with E-state index in [1.807, 2.05) is 6.92 Å². The van der Waals surface area contributed by atoms with Crippen LogP contribution in [0.1, 0.15) is 34.0 Å². The number of aromatic nitrogens is 1. The van der Waals surface area contributed by atoms with Crippen molar-refractivity contribution in [3.8, 4) is 0 Å². The first kappa shape index (κ1) is 13.6. The number of nitrogens with one attached hydrogen (secondary N) is 1. The van der Waals surface area contributed by atoms with Crippen LogP contribution in [-0.4, -0.2) is 4.98 Å². The molecule has 0 fully saturated rings. The van der Waals surface area contributed by atoms with Crippen molar-refractivity contribution in [2.24, 2.45) is 5.84 Å². The van der Waals surface area contributed by atoms with Crippen LogP contribution in [0.3, 0.4) is 0 Å². The molecule has 4 heteroatoms. The fraction of sp³-hybridized carbons (Fsp3) is 0.267. The number of aryl methyl sites for hydroxylation is 3. The standard InChI is InChI=1S/C15H18FN3/c1-9-6-11(3)13(7-10(9)2)15(19-17)14-5-4-12(16)8-18-14/h4-8,15,19H,17H2,1-3H3. The highest BCUT2D eigenvalue weighted by molar-refractivity contribution is 5.41. The van der Waals surface area contributed by atoms with Gasteiger partial charge in [0.1, 0.15) is 5.82 Å². The third-order valence-electron chi connectivity index (χ3n) is 3.41. The van der Waals surface area contributed by atoms with Gasteiger partial charge < -0.3 is 0 Å². The molecule has 0 spiro atoms. The fourth-order valence-electron chi connectivity index (χ4n) is 2.19. The number of hydrogen-bond acceptors (Lipinski definition) is 3. The molecule has 1 unspecified atom stereocenters. The fourth-order valence-corrected chi connectivity index (χ4v) is 2.19. The molecular formula is C15H18FN3. The van der Waals surface area contributed by atoms with Crippen molar-refractivity contribution >= 4 is 0 Å². The van der Waals surface area contributed by atoms with Crippen molar-refractivity contribution in [3.05, 3.63) is 64.2 Å². The molecule has 19 heavy (non-hydrogen) atoms. The second kappa shape index (κ2) is 5.47. The molecule has 0 radical (unpaired) electrons. The van der Waals surface area contributed by atoms with Crippen molar-refractivity contribution in [3.63, 3.8) is 0 Å². The van der Waals surface area contributed by atoms with Crippen molar-refractivity contribution in [2.45, 2.75) is 26.8 Å². The molecule has 1 atom stereocenters. The average Bonchev–Trinajstić information content (AvgIpc) is 2.38. The summed E-state index contributed by atoms with van der Waals surface area (Å²) in [6.07, 6.45) is 1.20. The minimum Gasteiger partial charge on any atom is -0.271 e. The third kappa shape index (κ3) is 2.80. The largest absolute Gasteiger partial charge is 0.271 e. The Labute approximate surface area is 112 Å². The number of benzene rings is 1.